The summed E-state index contributed by atoms with van der Waals surface area (Å²) >= 11 is 1.78. The molecule has 1 aromatic rings. The van der Waals surface area contributed by atoms with E-state index in [4.69, 9.17) is 4.74 Å². The summed E-state index contributed by atoms with van der Waals surface area (Å²) < 4.78 is 5.31. The molecule has 2 atom stereocenters. The summed E-state index contributed by atoms with van der Waals surface area (Å²) in [6, 6.07) is 4.48. The highest BCUT2D eigenvalue weighted by molar-refractivity contribution is 7.10. The molecule has 3 rings (SSSR count). The van der Waals surface area contributed by atoms with E-state index in [2.05, 4.69) is 22.8 Å². The van der Waals surface area contributed by atoms with Crippen LogP contribution in [0.3, 0.4) is 0 Å². The number of ether oxygens (including phenoxy) is 1. The molecule has 1 saturated carbocycles. The van der Waals surface area contributed by atoms with Crippen molar-refractivity contribution in [2.75, 3.05) is 26.3 Å². The van der Waals surface area contributed by atoms with Crippen molar-refractivity contribution in [2.24, 2.45) is 5.92 Å². The number of morpholine rings is 1. The fraction of sp³-hybridized carbons (Fsp3) is 0.667. The van der Waals surface area contributed by atoms with Gasteiger partial charge in [-0.3, -0.25) is 10.1 Å². The first kappa shape index (κ1) is 14.0. The smallest absolute Gasteiger partial charge is 0.239 e. The van der Waals surface area contributed by atoms with Crippen LogP contribution in [-0.2, 0) is 9.53 Å². The van der Waals surface area contributed by atoms with Gasteiger partial charge >= 0.3 is 0 Å². The van der Waals surface area contributed by atoms with Gasteiger partial charge in [0.1, 0.15) is 0 Å². The molecule has 5 heteroatoms. The molecule has 1 aromatic heterocycles. The Balaban J connectivity index is 1.61. The lowest BCUT2D eigenvalue weighted by molar-refractivity contribution is -0.137. The van der Waals surface area contributed by atoms with E-state index in [0.717, 1.165) is 13.1 Å². The third kappa shape index (κ3) is 3.22. The summed E-state index contributed by atoms with van der Waals surface area (Å²) in [6.07, 6.45) is 2.54. The molecule has 2 aliphatic rings. The molecular formula is C15H22N2O2S. The maximum atomic E-state index is 12.5. The van der Waals surface area contributed by atoms with Crippen molar-refractivity contribution in [1.82, 2.24) is 10.2 Å². The molecule has 2 fully saturated rings. The monoisotopic (exact) mass is 294 g/mol. The minimum absolute atomic E-state index is 0.124. The van der Waals surface area contributed by atoms with E-state index in [-0.39, 0.29) is 11.9 Å². The summed E-state index contributed by atoms with van der Waals surface area (Å²) in [7, 11) is 0. The Morgan fingerprint density at radius 3 is 2.80 bits per heavy atom. The molecule has 1 saturated heterocycles. The number of amides is 1. The Bertz CT molecular complexity index is 439. The molecule has 1 aliphatic carbocycles. The van der Waals surface area contributed by atoms with Crippen LogP contribution in [0.15, 0.2) is 17.5 Å². The van der Waals surface area contributed by atoms with Gasteiger partial charge in [-0.1, -0.05) is 6.07 Å². The van der Waals surface area contributed by atoms with Gasteiger partial charge in [0.25, 0.3) is 0 Å². The van der Waals surface area contributed by atoms with Gasteiger partial charge in [0.2, 0.25) is 5.91 Å². The third-order valence-electron chi connectivity index (χ3n) is 4.07. The van der Waals surface area contributed by atoms with Crippen LogP contribution >= 0.6 is 11.3 Å². The highest BCUT2D eigenvalue weighted by Crippen LogP contribution is 2.42. The molecular weight excluding hydrogens is 272 g/mol. The minimum Gasteiger partial charge on any atom is -0.378 e. The fourth-order valence-corrected chi connectivity index (χ4v) is 3.63. The molecule has 1 aliphatic heterocycles. The lowest BCUT2D eigenvalue weighted by atomic mass is 10.1. The minimum atomic E-state index is -0.124. The van der Waals surface area contributed by atoms with Crippen LogP contribution in [0.1, 0.15) is 30.7 Å². The predicted octanol–water partition coefficient (Wildman–Crippen LogP) is 2.04. The van der Waals surface area contributed by atoms with E-state index >= 15 is 0 Å². The van der Waals surface area contributed by atoms with Gasteiger partial charge in [0.05, 0.1) is 19.3 Å². The molecule has 0 bridgehead atoms. The van der Waals surface area contributed by atoms with Crippen LogP contribution in [0.25, 0.3) is 0 Å². The molecule has 0 radical (unpaired) electrons. The first-order valence-corrected chi connectivity index (χ1v) is 8.29. The number of carbonyl (C=O) groups is 1. The molecule has 0 aromatic carbocycles. The van der Waals surface area contributed by atoms with Crippen LogP contribution < -0.4 is 5.32 Å². The van der Waals surface area contributed by atoms with Crippen LogP contribution in [0.5, 0.6) is 0 Å². The van der Waals surface area contributed by atoms with Crippen LogP contribution in [0.2, 0.25) is 0 Å². The molecule has 0 spiro atoms. The molecule has 1 N–H and O–H groups in total. The summed E-state index contributed by atoms with van der Waals surface area (Å²) in [5, 5.41) is 5.67. The van der Waals surface area contributed by atoms with Crippen LogP contribution in [0, 0.1) is 5.92 Å². The summed E-state index contributed by atoms with van der Waals surface area (Å²) in [5.74, 6) is 0.907. The van der Waals surface area contributed by atoms with Gasteiger partial charge in [-0.25, -0.2) is 0 Å². The SMILES string of the molecule is CC(NC(c1cccs1)C1CC1)C(=O)N1CCOCC1. The normalized spacial score (nSPS) is 22.6. The zero-order chi connectivity index (χ0) is 13.9. The second-order valence-electron chi connectivity index (χ2n) is 5.66. The van der Waals surface area contributed by atoms with Gasteiger partial charge in [0.15, 0.2) is 0 Å². The molecule has 2 heterocycles. The van der Waals surface area contributed by atoms with E-state index in [0.29, 0.717) is 25.2 Å². The maximum absolute atomic E-state index is 12.5. The quantitative estimate of drug-likeness (QED) is 0.903. The highest BCUT2D eigenvalue weighted by Gasteiger charge is 2.35. The van der Waals surface area contributed by atoms with Crippen LogP contribution in [-0.4, -0.2) is 43.2 Å². The summed E-state index contributed by atoms with van der Waals surface area (Å²) in [5.41, 5.74) is 0. The molecule has 110 valence electrons. The third-order valence-corrected chi connectivity index (χ3v) is 5.02. The van der Waals surface area contributed by atoms with Gasteiger partial charge in [-0.15, -0.1) is 11.3 Å². The van der Waals surface area contributed by atoms with E-state index in [1.54, 1.807) is 11.3 Å². The van der Waals surface area contributed by atoms with Crippen molar-refractivity contribution in [3.8, 4) is 0 Å². The van der Waals surface area contributed by atoms with Crippen molar-refractivity contribution in [2.45, 2.75) is 31.8 Å². The lowest BCUT2D eigenvalue weighted by Crippen LogP contribution is -2.50. The zero-order valence-corrected chi connectivity index (χ0v) is 12.7. The topological polar surface area (TPSA) is 41.6 Å². The van der Waals surface area contributed by atoms with E-state index in [1.165, 1.54) is 17.7 Å². The van der Waals surface area contributed by atoms with Crippen molar-refractivity contribution in [3.05, 3.63) is 22.4 Å². The second kappa shape index (κ2) is 6.24. The van der Waals surface area contributed by atoms with Crippen LogP contribution in [0.4, 0.5) is 0 Å². The van der Waals surface area contributed by atoms with E-state index < -0.39 is 0 Å². The fourth-order valence-electron chi connectivity index (χ4n) is 2.75. The second-order valence-corrected chi connectivity index (χ2v) is 6.64. The van der Waals surface area contributed by atoms with Crippen molar-refractivity contribution >= 4 is 17.2 Å². The summed E-state index contributed by atoms with van der Waals surface area (Å²) in [4.78, 5) is 15.7. The van der Waals surface area contributed by atoms with Gasteiger partial charge < -0.3 is 9.64 Å². The van der Waals surface area contributed by atoms with Gasteiger partial charge in [-0.2, -0.15) is 0 Å². The lowest BCUT2D eigenvalue weighted by Gasteiger charge is -2.31. The number of rotatable bonds is 5. The predicted molar refractivity (Wildman–Crippen MR) is 79.8 cm³/mol. The Hall–Kier alpha value is -0.910. The Morgan fingerprint density at radius 2 is 2.20 bits per heavy atom. The number of nitrogens with zero attached hydrogens (tertiary/aromatic N) is 1. The van der Waals surface area contributed by atoms with Crippen molar-refractivity contribution in [1.29, 1.82) is 0 Å². The Labute approximate surface area is 124 Å². The highest BCUT2D eigenvalue weighted by atomic mass is 32.1. The van der Waals surface area contributed by atoms with Crippen molar-refractivity contribution in [3.63, 3.8) is 0 Å². The van der Waals surface area contributed by atoms with E-state index in [9.17, 15) is 4.79 Å². The molecule has 4 nitrogen and oxygen atoms in total. The van der Waals surface area contributed by atoms with Gasteiger partial charge in [0, 0.05) is 24.0 Å². The van der Waals surface area contributed by atoms with E-state index in [1.807, 2.05) is 11.8 Å². The Morgan fingerprint density at radius 1 is 1.45 bits per heavy atom. The standard InChI is InChI=1S/C15H22N2O2S/c1-11(15(18)17-6-8-19-9-7-17)16-14(12-4-5-12)13-3-2-10-20-13/h2-3,10-12,14,16H,4-9H2,1H3. The molecule has 20 heavy (non-hydrogen) atoms. The number of carbonyl (C=O) groups excluding carboxylic acids is 1. The Kier molecular flexibility index (Phi) is 4.38. The summed E-state index contributed by atoms with van der Waals surface area (Å²) in [6.45, 7) is 4.75. The first-order valence-electron chi connectivity index (χ1n) is 7.41. The number of nitrogens with one attached hydrogen (secondary N) is 1. The maximum Gasteiger partial charge on any atom is 0.239 e. The average Bonchev–Trinajstić information content (AvgIpc) is 3.19. The number of hydrogen-bond donors (Lipinski definition) is 1. The van der Waals surface area contributed by atoms with Gasteiger partial charge in [-0.05, 0) is 37.1 Å². The average molecular weight is 294 g/mol. The van der Waals surface area contributed by atoms with Crippen molar-refractivity contribution < 1.29 is 9.53 Å². The zero-order valence-electron chi connectivity index (χ0n) is 11.9. The molecule has 2 unspecified atom stereocenters. The molecule has 1 amide bonds. The number of hydrogen-bond acceptors (Lipinski definition) is 4. The number of thiophene rings is 1. The first-order chi connectivity index (χ1) is 9.75. The largest absolute Gasteiger partial charge is 0.378 e.